The van der Waals surface area contributed by atoms with Crippen molar-refractivity contribution < 1.29 is 9.00 Å². The first-order valence-corrected chi connectivity index (χ1v) is 10.8. The fourth-order valence-corrected chi connectivity index (χ4v) is 5.27. The minimum Gasteiger partial charge on any atom is -0.334 e. The van der Waals surface area contributed by atoms with Gasteiger partial charge in [0.05, 0.1) is 10.8 Å². The summed E-state index contributed by atoms with van der Waals surface area (Å²) in [5.74, 6) is -0.00743. The Bertz CT molecular complexity index is 944. The third-order valence-electron chi connectivity index (χ3n) is 5.23. The molecule has 0 spiro atoms. The molecule has 1 heterocycles. The summed E-state index contributed by atoms with van der Waals surface area (Å²) in [6, 6.07) is 29.6. The fourth-order valence-electron chi connectivity index (χ4n) is 3.80. The number of rotatable bonds is 6. The van der Waals surface area contributed by atoms with Crippen LogP contribution in [0.5, 0.6) is 0 Å². The van der Waals surface area contributed by atoms with Gasteiger partial charge in [-0.15, -0.1) is 0 Å². The molecular weight excluding hydrogens is 366 g/mol. The average Bonchev–Trinajstić information content (AvgIpc) is 3.05. The van der Waals surface area contributed by atoms with Gasteiger partial charge in [-0.05, 0) is 36.1 Å². The van der Waals surface area contributed by atoms with Gasteiger partial charge in [-0.25, -0.2) is 0 Å². The van der Waals surface area contributed by atoms with Crippen molar-refractivity contribution in [3.8, 4) is 0 Å². The van der Waals surface area contributed by atoms with Gasteiger partial charge in [0.1, 0.15) is 5.25 Å². The van der Waals surface area contributed by atoms with Gasteiger partial charge >= 0.3 is 0 Å². The highest BCUT2D eigenvalue weighted by Crippen LogP contribution is 2.30. The molecule has 0 aromatic heterocycles. The van der Waals surface area contributed by atoms with Crippen LogP contribution in [0.15, 0.2) is 95.9 Å². The zero-order valence-corrected chi connectivity index (χ0v) is 16.4. The van der Waals surface area contributed by atoms with Crippen molar-refractivity contribution in [2.45, 2.75) is 35.6 Å². The molecule has 0 radical (unpaired) electrons. The second kappa shape index (κ2) is 8.53. The zero-order valence-electron chi connectivity index (χ0n) is 15.6. The number of carbonyl (C=O) groups is 1. The number of nitrogens with zero attached hydrogens (tertiary/aromatic N) is 1. The molecule has 1 saturated heterocycles. The first-order valence-electron chi connectivity index (χ1n) is 9.56. The van der Waals surface area contributed by atoms with E-state index < -0.39 is 16.0 Å². The van der Waals surface area contributed by atoms with Crippen molar-refractivity contribution in [2.75, 3.05) is 0 Å². The molecule has 1 aliphatic rings. The predicted molar refractivity (Wildman–Crippen MR) is 112 cm³/mol. The SMILES string of the molecule is O=C1C(S(=O)c2ccccc2)C[C@H](Cc2ccccc2)N1Cc1ccccc1. The van der Waals surface area contributed by atoms with E-state index in [1.54, 1.807) is 0 Å². The molecule has 0 aliphatic carbocycles. The molecule has 0 N–H and O–H groups in total. The molecule has 142 valence electrons. The zero-order chi connectivity index (χ0) is 19.3. The van der Waals surface area contributed by atoms with E-state index in [1.165, 1.54) is 5.56 Å². The first kappa shape index (κ1) is 18.6. The smallest absolute Gasteiger partial charge is 0.239 e. The second-order valence-electron chi connectivity index (χ2n) is 7.13. The number of likely N-dealkylation sites (tertiary alicyclic amines) is 1. The minimum absolute atomic E-state index is 0.00743. The summed E-state index contributed by atoms with van der Waals surface area (Å²) in [4.78, 5) is 15.9. The Kier molecular flexibility index (Phi) is 5.68. The van der Waals surface area contributed by atoms with Gasteiger partial charge in [0.15, 0.2) is 0 Å². The van der Waals surface area contributed by atoms with E-state index in [9.17, 15) is 9.00 Å². The standard InChI is InChI=1S/C24H23NO2S/c26-24-23(28(27)22-14-8-3-9-15-22)17-21(16-19-10-4-1-5-11-19)25(24)18-20-12-6-2-7-13-20/h1-15,21,23H,16-18H2/t21-,23?,28?/m0/s1. The summed E-state index contributed by atoms with van der Waals surface area (Å²) in [5, 5.41) is -0.486. The monoisotopic (exact) mass is 389 g/mol. The lowest BCUT2D eigenvalue weighted by atomic mass is 10.0. The van der Waals surface area contributed by atoms with Crippen LogP contribution in [0, 0.1) is 0 Å². The molecule has 1 amide bonds. The van der Waals surface area contributed by atoms with Crippen LogP contribution < -0.4 is 0 Å². The summed E-state index contributed by atoms with van der Waals surface area (Å²) < 4.78 is 13.1. The van der Waals surface area contributed by atoms with Crippen molar-refractivity contribution in [3.63, 3.8) is 0 Å². The van der Waals surface area contributed by atoms with Gasteiger partial charge in [0.25, 0.3) is 0 Å². The van der Waals surface area contributed by atoms with Crippen molar-refractivity contribution in [3.05, 3.63) is 102 Å². The summed E-state index contributed by atoms with van der Waals surface area (Å²) in [5.41, 5.74) is 2.30. The topological polar surface area (TPSA) is 37.4 Å². The van der Waals surface area contributed by atoms with Crippen molar-refractivity contribution in [1.29, 1.82) is 0 Å². The lowest BCUT2D eigenvalue weighted by molar-refractivity contribution is -0.129. The van der Waals surface area contributed by atoms with Gasteiger partial charge < -0.3 is 4.90 Å². The Labute approximate surface area is 168 Å². The molecule has 1 aliphatic heterocycles. The number of hydrogen-bond acceptors (Lipinski definition) is 2. The third kappa shape index (κ3) is 4.07. The largest absolute Gasteiger partial charge is 0.334 e. The number of amides is 1. The molecule has 0 saturated carbocycles. The van der Waals surface area contributed by atoms with E-state index in [0.717, 1.165) is 16.9 Å². The summed E-state index contributed by atoms with van der Waals surface area (Å²) in [6.45, 7) is 0.555. The second-order valence-corrected chi connectivity index (χ2v) is 8.77. The Hall–Kier alpha value is -2.72. The van der Waals surface area contributed by atoms with E-state index in [2.05, 4.69) is 12.1 Å². The molecule has 2 unspecified atom stereocenters. The molecule has 3 atom stereocenters. The molecular formula is C24H23NO2S. The summed E-state index contributed by atoms with van der Waals surface area (Å²) in [7, 11) is -1.34. The number of benzene rings is 3. The molecule has 3 nitrogen and oxygen atoms in total. The van der Waals surface area contributed by atoms with Crippen LogP contribution >= 0.6 is 0 Å². The Morgan fingerprint density at radius 2 is 1.32 bits per heavy atom. The lowest BCUT2D eigenvalue weighted by Crippen LogP contribution is -2.36. The Morgan fingerprint density at radius 1 is 0.786 bits per heavy atom. The Morgan fingerprint density at radius 3 is 1.93 bits per heavy atom. The van der Waals surface area contributed by atoms with Crippen LogP contribution in [0.2, 0.25) is 0 Å². The highest BCUT2D eigenvalue weighted by molar-refractivity contribution is 7.86. The van der Waals surface area contributed by atoms with Crippen LogP contribution in [0.25, 0.3) is 0 Å². The molecule has 28 heavy (non-hydrogen) atoms. The first-order chi connectivity index (χ1) is 13.7. The van der Waals surface area contributed by atoms with Crippen LogP contribution in [0.4, 0.5) is 0 Å². The van der Waals surface area contributed by atoms with Gasteiger partial charge in [0.2, 0.25) is 5.91 Å². The maximum atomic E-state index is 13.3. The molecule has 4 rings (SSSR count). The Balaban J connectivity index is 1.60. The normalized spacial score (nSPS) is 20.3. The minimum atomic E-state index is -1.34. The van der Waals surface area contributed by atoms with Crippen LogP contribution in [0.1, 0.15) is 17.5 Å². The van der Waals surface area contributed by atoms with E-state index >= 15 is 0 Å². The molecule has 0 bridgehead atoms. The molecule has 1 fully saturated rings. The summed E-state index contributed by atoms with van der Waals surface area (Å²) in [6.07, 6.45) is 1.39. The van der Waals surface area contributed by atoms with Crippen molar-refractivity contribution >= 4 is 16.7 Å². The van der Waals surface area contributed by atoms with E-state index in [-0.39, 0.29) is 11.9 Å². The van der Waals surface area contributed by atoms with Gasteiger partial charge in [0, 0.05) is 17.5 Å². The average molecular weight is 390 g/mol. The quantitative estimate of drug-likeness (QED) is 0.633. The predicted octanol–water partition coefficient (Wildman–Crippen LogP) is 4.21. The van der Waals surface area contributed by atoms with Crippen LogP contribution in [-0.2, 0) is 28.6 Å². The van der Waals surface area contributed by atoms with Gasteiger partial charge in [-0.2, -0.15) is 0 Å². The van der Waals surface area contributed by atoms with Crippen LogP contribution in [-0.4, -0.2) is 26.3 Å². The van der Waals surface area contributed by atoms with Crippen molar-refractivity contribution in [1.82, 2.24) is 4.90 Å². The van der Waals surface area contributed by atoms with Gasteiger partial charge in [-0.1, -0.05) is 78.9 Å². The summed E-state index contributed by atoms with van der Waals surface area (Å²) >= 11 is 0. The van der Waals surface area contributed by atoms with Crippen LogP contribution in [0.3, 0.4) is 0 Å². The van der Waals surface area contributed by atoms with Crippen molar-refractivity contribution in [2.24, 2.45) is 0 Å². The molecule has 3 aromatic rings. The van der Waals surface area contributed by atoms with E-state index in [0.29, 0.717) is 13.0 Å². The number of hydrogen-bond donors (Lipinski definition) is 0. The number of carbonyl (C=O) groups excluding carboxylic acids is 1. The lowest BCUT2D eigenvalue weighted by Gasteiger charge is -2.25. The van der Waals surface area contributed by atoms with Gasteiger partial charge in [-0.3, -0.25) is 9.00 Å². The highest BCUT2D eigenvalue weighted by atomic mass is 32.2. The third-order valence-corrected chi connectivity index (χ3v) is 6.88. The maximum Gasteiger partial charge on any atom is 0.239 e. The van der Waals surface area contributed by atoms with E-state index in [4.69, 9.17) is 0 Å². The van der Waals surface area contributed by atoms with E-state index in [1.807, 2.05) is 83.8 Å². The molecule has 3 aromatic carbocycles. The highest BCUT2D eigenvalue weighted by Gasteiger charge is 2.42. The molecule has 4 heteroatoms. The fraction of sp³-hybridized carbons (Fsp3) is 0.208. The maximum absolute atomic E-state index is 13.3.